The number of nitriles is 1. The largest absolute Gasteiger partial charge is 0.237 e. The van der Waals surface area contributed by atoms with Crippen LogP contribution in [0.1, 0.15) is 11.2 Å². The van der Waals surface area contributed by atoms with Crippen molar-refractivity contribution in [1.29, 1.82) is 5.26 Å². The monoisotopic (exact) mass is 192 g/mol. The first kappa shape index (κ1) is 8.14. The van der Waals surface area contributed by atoms with Crippen molar-refractivity contribution in [2.75, 3.05) is 0 Å². The van der Waals surface area contributed by atoms with Gasteiger partial charge in [-0.1, -0.05) is 12.1 Å². The van der Waals surface area contributed by atoms with E-state index in [1.165, 1.54) is 17.4 Å². The molecule has 0 N–H and O–H groups in total. The lowest BCUT2D eigenvalue weighted by molar-refractivity contribution is 0.423. The van der Waals surface area contributed by atoms with E-state index < -0.39 is 6.17 Å². The third kappa shape index (κ3) is 1.38. The number of thiazole rings is 1. The number of rotatable bonds is 1. The van der Waals surface area contributed by atoms with Crippen LogP contribution in [0, 0.1) is 11.3 Å². The topological polar surface area (TPSA) is 36.7 Å². The Kier molecular flexibility index (Phi) is 1.95. The third-order valence-electron chi connectivity index (χ3n) is 1.64. The number of para-hydroxylation sites is 1. The van der Waals surface area contributed by atoms with Crippen LogP contribution in [0.25, 0.3) is 10.2 Å². The van der Waals surface area contributed by atoms with Crippen LogP contribution in [0.5, 0.6) is 0 Å². The van der Waals surface area contributed by atoms with Gasteiger partial charge in [0.1, 0.15) is 11.1 Å². The van der Waals surface area contributed by atoms with Crippen LogP contribution >= 0.6 is 11.3 Å². The van der Waals surface area contributed by atoms with Gasteiger partial charge in [-0.2, -0.15) is 5.26 Å². The summed E-state index contributed by atoms with van der Waals surface area (Å²) in [6.07, 6.45) is -1.60. The average molecular weight is 192 g/mol. The van der Waals surface area contributed by atoms with Crippen LogP contribution in [0.2, 0.25) is 0 Å². The summed E-state index contributed by atoms with van der Waals surface area (Å²) >= 11 is 1.22. The molecule has 13 heavy (non-hydrogen) atoms. The molecular weight excluding hydrogens is 187 g/mol. The van der Waals surface area contributed by atoms with Gasteiger partial charge in [0.25, 0.3) is 0 Å². The maximum absolute atomic E-state index is 12.9. The molecule has 1 aromatic heterocycles. The second kappa shape index (κ2) is 3.11. The fourth-order valence-corrected chi connectivity index (χ4v) is 1.94. The van der Waals surface area contributed by atoms with Gasteiger partial charge in [0.15, 0.2) is 0 Å². The van der Waals surface area contributed by atoms with Gasteiger partial charge >= 0.3 is 0 Å². The molecule has 0 amide bonds. The van der Waals surface area contributed by atoms with Crippen molar-refractivity contribution >= 4 is 21.6 Å². The fraction of sp³-hybridized carbons (Fsp3) is 0.111. The number of hydrogen-bond donors (Lipinski definition) is 0. The molecule has 0 spiro atoms. The molecule has 0 aliphatic heterocycles. The Labute approximate surface area is 78.3 Å². The molecular formula is C9H5FN2S. The van der Waals surface area contributed by atoms with E-state index in [2.05, 4.69) is 4.98 Å². The highest BCUT2D eigenvalue weighted by atomic mass is 32.1. The highest BCUT2D eigenvalue weighted by molar-refractivity contribution is 7.18. The maximum atomic E-state index is 12.9. The highest BCUT2D eigenvalue weighted by Gasteiger charge is 2.13. The lowest BCUT2D eigenvalue weighted by Crippen LogP contribution is -1.83. The van der Waals surface area contributed by atoms with Gasteiger partial charge in [-0.25, -0.2) is 9.37 Å². The van der Waals surface area contributed by atoms with E-state index in [4.69, 9.17) is 5.26 Å². The molecule has 0 saturated heterocycles. The van der Waals surface area contributed by atoms with E-state index in [0.29, 0.717) is 0 Å². The molecule has 0 bridgehead atoms. The van der Waals surface area contributed by atoms with Crippen LogP contribution in [0.15, 0.2) is 24.3 Å². The number of alkyl halides is 1. The van der Waals surface area contributed by atoms with Gasteiger partial charge in [-0.05, 0) is 12.1 Å². The van der Waals surface area contributed by atoms with Gasteiger partial charge < -0.3 is 0 Å². The zero-order chi connectivity index (χ0) is 9.26. The zero-order valence-electron chi connectivity index (χ0n) is 6.57. The lowest BCUT2D eigenvalue weighted by atomic mass is 10.3. The second-order valence-electron chi connectivity index (χ2n) is 2.51. The molecule has 0 radical (unpaired) electrons. The molecule has 1 unspecified atom stereocenters. The fourth-order valence-electron chi connectivity index (χ4n) is 1.05. The Balaban J connectivity index is 2.57. The lowest BCUT2D eigenvalue weighted by Gasteiger charge is -1.87. The van der Waals surface area contributed by atoms with Crippen LogP contribution in [0.4, 0.5) is 4.39 Å². The van der Waals surface area contributed by atoms with Gasteiger partial charge in [-0.15, -0.1) is 11.3 Å². The van der Waals surface area contributed by atoms with Crippen molar-refractivity contribution in [2.24, 2.45) is 0 Å². The van der Waals surface area contributed by atoms with E-state index in [1.54, 1.807) is 6.07 Å². The van der Waals surface area contributed by atoms with Crippen molar-refractivity contribution in [3.8, 4) is 6.07 Å². The first-order valence-corrected chi connectivity index (χ1v) is 4.52. The van der Waals surface area contributed by atoms with Crippen molar-refractivity contribution in [3.63, 3.8) is 0 Å². The van der Waals surface area contributed by atoms with Crippen LogP contribution < -0.4 is 0 Å². The Morgan fingerprint density at radius 2 is 2.23 bits per heavy atom. The molecule has 2 aromatic rings. The second-order valence-corrected chi connectivity index (χ2v) is 3.57. The number of fused-ring (bicyclic) bond motifs is 1. The molecule has 1 heterocycles. The Hall–Kier alpha value is -1.47. The minimum Gasteiger partial charge on any atom is -0.237 e. The molecule has 1 atom stereocenters. The number of halogens is 1. The standard InChI is InChI=1S/C9H5FN2S/c10-6(5-11)9-12-7-3-1-2-4-8(7)13-9/h1-4,6H. The van der Waals surface area contributed by atoms with Gasteiger partial charge in [0.05, 0.1) is 10.2 Å². The summed E-state index contributed by atoms with van der Waals surface area (Å²) in [6.45, 7) is 0. The summed E-state index contributed by atoms with van der Waals surface area (Å²) in [5, 5.41) is 8.59. The SMILES string of the molecule is N#CC(F)c1nc2ccccc2s1. The van der Waals surface area contributed by atoms with Crippen molar-refractivity contribution in [2.45, 2.75) is 6.17 Å². The van der Waals surface area contributed by atoms with E-state index in [1.807, 2.05) is 18.2 Å². The summed E-state index contributed by atoms with van der Waals surface area (Å²) < 4.78 is 13.8. The first-order valence-electron chi connectivity index (χ1n) is 3.70. The van der Waals surface area contributed by atoms with Gasteiger partial charge in [0, 0.05) is 0 Å². The van der Waals surface area contributed by atoms with E-state index >= 15 is 0 Å². The Morgan fingerprint density at radius 3 is 2.92 bits per heavy atom. The summed E-state index contributed by atoms with van der Waals surface area (Å²) in [7, 11) is 0. The summed E-state index contributed by atoms with van der Waals surface area (Å²) in [6, 6.07) is 8.89. The molecule has 4 heteroatoms. The van der Waals surface area contributed by atoms with Gasteiger partial charge in [-0.3, -0.25) is 0 Å². The Morgan fingerprint density at radius 1 is 1.46 bits per heavy atom. The predicted octanol–water partition coefficient (Wildman–Crippen LogP) is 2.83. The smallest absolute Gasteiger partial charge is 0.237 e. The molecule has 64 valence electrons. The summed E-state index contributed by atoms with van der Waals surface area (Å²) in [4.78, 5) is 4.00. The quantitative estimate of drug-likeness (QED) is 0.696. The number of aromatic nitrogens is 1. The molecule has 2 rings (SSSR count). The van der Waals surface area contributed by atoms with Crippen molar-refractivity contribution in [1.82, 2.24) is 4.98 Å². The maximum Gasteiger partial charge on any atom is 0.237 e. The van der Waals surface area contributed by atoms with Crippen LogP contribution in [0.3, 0.4) is 0 Å². The molecule has 0 fully saturated rings. The number of hydrogen-bond acceptors (Lipinski definition) is 3. The van der Waals surface area contributed by atoms with E-state index in [9.17, 15) is 4.39 Å². The molecule has 0 aliphatic rings. The average Bonchev–Trinajstić information content (AvgIpc) is 2.59. The number of nitrogens with zero attached hydrogens (tertiary/aromatic N) is 2. The van der Waals surface area contributed by atoms with E-state index in [-0.39, 0.29) is 5.01 Å². The zero-order valence-corrected chi connectivity index (χ0v) is 7.38. The van der Waals surface area contributed by atoms with Crippen molar-refractivity contribution < 1.29 is 4.39 Å². The highest BCUT2D eigenvalue weighted by Crippen LogP contribution is 2.27. The minimum atomic E-state index is -1.60. The first-order chi connectivity index (χ1) is 6.31. The van der Waals surface area contributed by atoms with Crippen LogP contribution in [-0.2, 0) is 0 Å². The van der Waals surface area contributed by atoms with Gasteiger partial charge in [0.2, 0.25) is 6.17 Å². The third-order valence-corrected chi connectivity index (χ3v) is 2.71. The van der Waals surface area contributed by atoms with Crippen molar-refractivity contribution in [3.05, 3.63) is 29.3 Å². The normalized spacial score (nSPS) is 12.6. The summed E-state index contributed by atoms with van der Waals surface area (Å²) in [5.41, 5.74) is 0.750. The number of benzene rings is 1. The molecule has 1 aromatic carbocycles. The Bertz CT molecular complexity index is 439. The minimum absolute atomic E-state index is 0.240. The molecule has 2 nitrogen and oxygen atoms in total. The summed E-state index contributed by atoms with van der Waals surface area (Å²) in [5.74, 6) is 0. The van der Waals surface area contributed by atoms with E-state index in [0.717, 1.165) is 10.2 Å². The molecule has 0 aliphatic carbocycles. The predicted molar refractivity (Wildman–Crippen MR) is 49.1 cm³/mol. The van der Waals surface area contributed by atoms with Crippen LogP contribution in [-0.4, -0.2) is 4.98 Å². The molecule has 0 saturated carbocycles.